The first kappa shape index (κ1) is 32.7. The minimum atomic E-state index is -4.60. The number of morpholine rings is 1. The smallest absolute Gasteiger partial charge is 0.379 e. The molecular weight excluding hydrogens is 628 g/mol. The number of hydrogen-bond acceptors (Lipinski definition) is 7. The van der Waals surface area contributed by atoms with Crippen LogP contribution in [0, 0.1) is 0 Å². The third kappa shape index (κ3) is 7.57. The van der Waals surface area contributed by atoms with Crippen molar-refractivity contribution in [1.29, 1.82) is 0 Å². The normalized spacial score (nSPS) is 14.5. The van der Waals surface area contributed by atoms with Crippen LogP contribution in [0.4, 0.5) is 13.2 Å². The fraction of sp³-hybridized carbons (Fsp3) is 0.323. The number of amides is 1. The Morgan fingerprint density at radius 2 is 1.69 bits per heavy atom. The highest BCUT2D eigenvalue weighted by Gasteiger charge is 2.32. The number of ether oxygens (including phenoxy) is 1. The number of nitrogens with zero attached hydrogens (tertiary/aromatic N) is 5. The van der Waals surface area contributed by atoms with E-state index in [9.17, 15) is 26.4 Å². The van der Waals surface area contributed by atoms with Crippen LogP contribution in [0.25, 0.3) is 17.1 Å². The van der Waals surface area contributed by atoms with Crippen molar-refractivity contribution < 1.29 is 31.1 Å². The van der Waals surface area contributed by atoms with Crippen molar-refractivity contribution in [2.75, 3.05) is 32.1 Å². The predicted molar refractivity (Wildman–Crippen MR) is 164 cm³/mol. The summed E-state index contributed by atoms with van der Waals surface area (Å²) in [6.45, 7) is 5.19. The van der Waals surface area contributed by atoms with Gasteiger partial charge in [-0.1, -0.05) is 60.3 Å². The number of alkyl halides is 3. The van der Waals surface area contributed by atoms with Gasteiger partial charge < -0.3 is 9.64 Å². The van der Waals surface area contributed by atoms with Crippen molar-refractivity contribution in [2.24, 2.45) is 0 Å². The number of carbonyl (C=O) groups excluding carboxylic acids is 1. The summed E-state index contributed by atoms with van der Waals surface area (Å²) in [5.74, 6) is -0.0982. The highest BCUT2D eigenvalue weighted by Crippen LogP contribution is 2.34. The van der Waals surface area contributed by atoms with E-state index >= 15 is 0 Å². The van der Waals surface area contributed by atoms with Crippen molar-refractivity contribution in [3.05, 3.63) is 90.0 Å². The molecular formula is C31H32F3N5O4S2. The maximum absolute atomic E-state index is 13.7. The van der Waals surface area contributed by atoms with Gasteiger partial charge in [0.1, 0.15) is 0 Å². The number of sulfonamides is 1. The molecule has 14 heteroatoms. The summed E-state index contributed by atoms with van der Waals surface area (Å²) >= 11 is 1.04. The molecule has 45 heavy (non-hydrogen) atoms. The van der Waals surface area contributed by atoms with Crippen LogP contribution in [0.15, 0.2) is 88.9 Å². The summed E-state index contributed by atoms with van der Waals surface area (Å²) in [5.41, 5.74) is 0.543. The molecule has 0 saturated carbocycles. The van der Waals surface area contributed by atoms with E-state index in [-0.39, 0.29) is 65.6 Å². The Kier molecular flexibility index (Phi) is 9.97. The molecule has 2 heterocycles. The van der Waals surface area contributed by atoms with E-state index in [1.807, 2.05) is 44.2 Å². The lowest BCUT2D eigenvalue weighted by molar-refractivity contribution is -0.137. The van der Waals surface area contributed by atoms with E-state index in [4.69, 9.17) is 4.74 Å². The van der Waals surface area contributed by atoms with E-state index < -0.39 is 21.8 Å². The molecule has 3 aromatic carbocycles. The molecule has 0 atom stereocenters. The zero-order chi connectivity index (χ0) is 32.2. The molecule has 1 amide bonds. The highest BCUT2D eigenvalue weighted by molar-refractivity contribution is 7.99. The molecule has 9 nitrogen and oxygen atoms in total. The minimum absolute atomic E-state index is 0.0124. The summed E-state index contributed by atoms with van der Waals surface area (Å²) < 4.78 is 75.9. The van der Waals surface area contributed by atoms with Gasteiger partial charge in [0.15, 0.2) is 11.0 Å². The zero-order valence-electron chi connectivity index (χ0n) is 24.6. The van der Waals surface area contributed by atoms with Gasteiger partial charge in [-0.25, -0.2) is 8.42 Å². The topological polar surface area (TPSA) is 97.6 Å². The summed E-state index contributed by atoms with van der Waals surface area (Å²) in [5, 5.41) is 8.71. The van der Waals surface area contributed by atoms with Crippen LogP contribution in [0.3, 0.4) is 0 Å². The van der Waals surface area contributed by atoms with Gasteiger partial charge in [0.2, 0.25) is 15.9 Å². The number of halogens is 3. The van der Waals surface area contributed by atoms with Crippen molar-refractivity contribution in [3.8, 4) is 17.1 Å². The number of benzene rings is 3. The van der Waals surface area contributed by atoms with Crippen LogP contribution >= 0.6 is 11.8 Å². The standard InChI is InChI=1S/C31H32F3N5O4S2/c1-22(2)38(20-23-8-4-3-5-9-23)28(40)21-44-30-36-35-29(39(30)26-12-7-11-25(19-26)31(32,33)34)24-10-6-13-27(18-24)45(41,42)37-14-16-43-17-15-37/h3-13,18-19,22H,14-17,20-21H2,1-2H3. The lowest BCUT2D eigenvalue weighted by atomic mass is 10.1. The first-order chi connectivity index (χ1) is 21.4. The summed E-state index contributed by atoms with van der Waals surface area (Å²) in [6.07, 6.45) is -4.60. The average Bonchev–Trinajstić information content (AvgIpc) is 3.47. The van der Waals surface area contributed by atoms with Crippen LogP contribution in [0.5, 0.6) is 0 Å². The number of rotatable bonds is 10. The quantitative estimate of drug-likeness (QED) is 0.207. The van der Waals surface area contributed by atoms with Crippen molar-refractivity contribution in [1.82, 2.24) is 24.0 Å². The van der Waals surface area contributed by atoms with Gasteiger partial charge in [-0.3, -0.25) is 9.36 Å². The molecule has 4 aromatic rings. The maximum Gasteiger partial charge on any atom is 0.416 e. The molecule has 5 rings (SSSR count). The lowest BCUT2D eigenvalue weighted by Crippen LogP contribution is -2.40. The van der Waals surface area contributed by atoms with Gasteiger partial charge in [-0.05, 0) is 49.7 Å². The molecule has 0 spiro atoms. The largest absolute Gasteiger partial charge is 0.416 e. The minimum Gasteiger partial charge on any atom is -0.379 e. The monoisotopic (exact) mass is 659 g/mol. The van der Waals surface area contributed by atoms with E-state index in [2.05, 4.69) is 10.2 Å². The fourth-order valence-corrected chi connectivity index (χ4v) is 7.18. The Labute approximate surface area is 264 Å². The number of aromatic nitrogens is 3. The number of thioether (sulfide) groups is 1. The van der Waals surface area contributed by atoms with Crippen LogP contribution in [0.2, 0.25) is 0 Å². The van der Waals surface area contributed by atoms with Crippen LogP contribution in [-0.2, 0) is 32.3 Å². The van der Waals surface area contributed by atoms with Gasteiger partial charge in [0.25, 0.3) is 0 Å². The predicted octanol–water partition coefficient (Wildman–Crippen LogP) is 5.50. The van der Waals surface area contributed by atoms with Crippen LogP contribution in [0.1, 0.15) is 25.0 Å². The molecule has 1 aliphatic heterocycles. The Hall–Kier alpha value is -3.72. The Balaban J connectivity index is 1.50. The van der Waals surface area contributed by atoms with Crippen LogP contribution < -0.4 is 0 Å². The molecule has 0 aliphatic carbocycles. The summed E-state index contributed by atoms with van der Waals surface area (Å²) in [4.78, 5) is 15.1. The molecule has 0 unspecified atom stereocenters. The third-order valence-electron chi connectivity index (χ3n) is 7.23. The second-order valence-electron chi connectivity index (χ2n) is 10.6. The van der Waals surface area contributed by atoms with E-state index in [0.29, 0.717) is 12.1 Å². The van der Waals surface area contributed by atoms with Gasteiger partial charge in [-0.15, -0.1) is 10.2 Å². The van der Waals surface area contributed by atoms with Crippen molar-refractivity contribution >= 4 is 27.7 Å². The Morgan fingerprint density at radius 1 is 0.978 bits per heavy atom. The van der Waals surface area contributed by atoms with E-state index in [1.165, 1.54) is 33.1 Å². The number of carbonyl (C=O) groups is 1. The second kappa shape index (κ2) is 13.7. The molecule has 1 aliphatic rings. The van der Waals surface area contributed by atoms with Gasteiger partial charge in [-0.2, -0.15) is 17.5 Å². The Morgan fingerprint density at radius 3 is 2.38 bits per heavy atom. The molecule has 1 fully saturated rings. The maximum atomic E-state index is 13.7. The summed E-state index contributed by atoms with van der Waals surface area (Å²) in [7, 11) is -3.86. The van der Waals surface area contributed by atoms with E-state index in [1.54, 1.807) is 17.0 Å². The van der Waals surface area contributed by atoms with Crippen molar-refractivity contribution in [3.63, 3.8) is 0 Å². The molecule has 0 bridgehead atoms. The SMILES string of the molecule is CC(C)N(Cc1ccccc1)C(=O)CSc1nnc(-c2cccc(S(=O)(=O)N3CCOCC3)c2)n1-c1cccc(C(F)(F)F)c1. The van der Waals surface area contributed by atoms with E-state index in [0.717, 1.165) is 29.5 Å². The van der Waals surface area contributed by atoms with Gasteiger partial charge in [0, 0.05) is 31.2 Å². The first-order valence-corrected chi connectivity index (χ1v) is 16.7. The second-order valence-corrected chi connectivity index (χ2v) is 13.5. The van der Waals surface area contributed by atoms with Crippen LogP contribution in [-0.4, -0.2) is 76.4 Å². The Bertz CT molecular complexity index is 1740. The third-order valence-corrected chi connectivity index (χ3v) is 10.0. The van der Waals surface area contributed by atoms with Gasteiger partial charge in [0.05, 0.1) is 35.1 Å². The highest BCUT2D eigenvalue weighted by atomic mass is 32.2. The zero-order valence-corrected chi connectivity index (χ0v) is 26.3. The molecule has 1 saturated heterocycles. The average molecular weight is 660 g/mol. The molecule has 1 aromatic heterocycles. The lowest BCUT2D eigenvalue weighted by Gasteiger charge is -2.27. The van der Waals surface area contributed by atoms with Gasteiger partial charge >= 0.3 is 6.18 Å². The summed E-state index contributed by atoms with van der Waals surface area (Å²) in [6, 6.07) is 20.2. The molecule has 0 N–H and O–H groups in total. The number of hydrogen-bond donors (Lipinski definition) is 0. The van der Waals surface area contributed by atoms with Crippen molar-refractivity contribution in [2.45, 2.75) is 42.7 Å². The fourth-order valence-electron chi connectivity index (χ4n) is 4.88. The first-order valence-electron chi connectivity index (χ1n) is 14.2. The molecule has 0 radical (unpaired) electrons. The molecule has 238 valence electrons.